The molecule has 0 aliphatic rings. The number of hydrogen-bond acceptors (Lipinski definition) is 4. The topological polar surface area (TPSA) is 40.6 Å². The Morgan fingerprint density at radius 2 is 1.95 bits per heavy atom. The van der Waals surface area contributed by atoms with E-state index in [9.17, 15) is 8.42 Å². The minimum Gasteiger partial charge on any atom is -0.308 e. The van der Waals surface area contributed by atoms with Crippen molar-refractivity contribution in [3.8, 4) is 0 Å². The molecule has 0 spiro atoms. The maximum absolute atomic E-state index is 12.7. The largest absolute Gasteiger partial charge is 0.308 e. The number of likely N-dealkylation sites (N-methyl/N-ethyl adjacent to an activating group) is 1. The smallest absolute Gasteiger partial charge is 0.245 e. The van der Waals surface area contributed by atoms with Crippen molar-refractivity contribution >= 4 is 48.9 Å². The van der Waals surface area contributed by atoms with Crippen LogP contribution >= 0.6 is 38.9 Å². The molecule has 0 unspecified atom stereocenters. The van der Waals surface area contributed by atoms with Gasteiger partial charge < -0.3 is 4.90 Å². The van der Waals surface area contributed by atoms with Gasteiger partial charge in [-0.25, -0.2) is 8.42 Å². The molecule has 0 amide bonds. The molecule has 1 aromatic rings. The molecule has 0 fully saturated rings. The van der Waals surface area contributed by atoms with Crippen LogP contribution in [0.4, 0.5) is 0 Å². The van der Waals surface area contributed by atoms with Gasteiger partial charge in [0.2, 0.25) is 10.0 Å². The van der Waals surface area contributed by atoms with E-state index >= 15 is 0 Å². The Hall–Kier alpha value is 0.340. The fourth-order valence-corrected chi connectivity index (χ4v) is 5.94. The van der Waals surface area contributed by atoms with Crippen LogP contribution in [-0.4, -0.2) is 51.4 Å². The van der Waals surface area contributed by atoms with Gasteiger partial charge in [0.15, 0.2) is 0 Å². The van der Waals surface area contributed by atoms with Gasteiger partial charge in [-0.3, -0.25) is 0 Å². The van der Waals surface area contributed by atoms with Crippen LogP contribution in [0.25, 0.3) is 0 Å². The lowest BCUT2D eigenvalue weighted by atomic mass is 10.4. The molecular formula is C12H20BrClN2O2S2. The molecule has 4 nitrogen and oxygen atoms in total. The van der Waals surface area contributed by atoms with Gasteiger partial charge in [0.1, 0.15) is 4.90 Å². The maximum Gasteiger partial charge on any atom is 0.245 e. The predicted molar refractivity (Wildman–Crippen MR) is 89.2 cm³/mol. The number of rotatable bonds is 8. The van der Waals surface area contributed by atoms with E-state index in [1.165, 1.54) is 15.6 Å². The lowest BCUT2D eigenvalue weighted by molar-refractivity contribution is 0.333. The third kappa shape index (κ3) is 4.68. The van der Waals surface area contributed by atoms with E-state index in [4.69, 9.17) is 11.6 Å². The summed E-state index contributed by atoms with van der Waals surface area (Å²) in [4.78, 5) is 3.15. The van der Waals surface area contributed by atoms with Gasteiger partial charge in [-0.1, -0.05) is 6.92 Å². The van der Waals surface area contributed by atoms with Crippen molar-refractivity contribution < 1.29 is 8.42 Å². The molecule has 0 aromatic carbocycles. The average molecular weight is 404 g/mol. The van der Waals surface area contributed by atoms with Crippen molar-refractivity contribution in [3.63, 3.8) is 0 Å². The Labute approximate surface area is 138 Å². The van der Waals surface area contributed by atoms with Gasteiger partial charge in [0.05, 0.1) is 9.67 Å². The number of thiophene rings is 1. The average Bonchev–Trinajstić information content (AvgIpc) is 2.76. The number of sulfonamides is 1. The highest BCUT2D eigenvalue weighted by Gasteiger charge is 2.27. The van der Waals surface area contributed by atoms with E-state index in [0.29, 0.717) is 34.2 Å². The second-order valence-electron chi connectivity index (χ2n) is 4.69. The van der Waals surface area contributed by atoms with Crippen molar-refractivity contribution in [3.05, 3.63) is 14.7 Å². The summed E-state index contributed by atoms with van der Waals surface area (Å²) in [6, 6.07) is 1.66. The molecule has 1 aromatic heterocycles. The van der Waals surface area contributed by atoms with Crippen LogP contribution in [-0.2, 0) is 15.9 Å². The van der Waals surface area contributed by atoms with Gasteiger partial charge in [-0.05, 0) is 42.5 Å². The van der Waals surface area contributed by atoms with Gasteiger partial charge in [-0.2, -0.15) is 4.31 Å². The van der Waals surface area contributed by atoms with Gasteiger partial charge >= 0.3 is 0 Å². The summed E-state index contributed by atoms with van der Waals surface area (Å²) in [5.74, 6) is 0.324. The lowest BCUT2D eigenvalue weighted by Gasteiger charge is -2.23. The number of hydrogen-bond donors (Lipinski definition) is 0. The highest BCUT2D eigenvalue weighted by Crippen LogP contribution is 2.34. The summed E-state index contributed by atoms with van der Waals surface area (Å²) >= 11 is 10.5. The quantitative estimate of drug-likeness (QED) is 0.626. The first-order valence-electron chi connectivity index (χ1n) is 6.32. The monoisotopic (exact) mass is 402 g/mol. The summed E-state index contributed by atoms with van der Waals surface area (Å²) in [5.41, 5.74) is 0. The number of halogens is 2. The van der Waals surface area contributed by atoms with E-state index in [-0.39, 0.29) is 0 Å². The van der Waals surface area contributed by atoms with Gasteiger partial charge in [0, 0.05) is 24.5 Å². The Morgan fingerprint density at radius 3 is 2.40 bits per heavy atom. The molecule has 0 bridgehead atoms. The van der Waals surface area contributed by atoms with Crippen molar-refractivity contribution in [2.45, 2.75) is 24.1 Å². The first kappa shape index (κ1) is 18.4. The Balaban J connectivity index is 3.05. The molecule has 1 rings (SSSR count). The second-order valence-corrected chi connectivity index (χ2v) is 9.32. The maximum atomic E-state index is 12.7. The van der Waals surface area contributed by atoms with E-state index in [1.807, 2.05) is 25.9 Å². The molecule has 116 valence electrons. The highest BCUT2D eigenvalue weighted by atomic mass is 79.9. The van der Waals surface area contributed by atoms with Crippen molar-refractivity contribution in [2.75, 3.05) is 33.7 Å². The summed E-state index contributed by atoms with van der Waals surface area (Å²) in [5, 5.41) is 0. The Bertz CT molecular complexity index is 532. The summed E-state index contributed by atoms with van der Waals surface area (Å²) in [6.45, 7) is 3.69. The van der Waals surface area contributed by atoms with Crippen LogP contribution in [0.2, 0.25) is 0 Å². The second kappa shape index (κ2) is 8.10. The molecular weight excluding hydrogens is 384 g/mol. The highest BCUT2D eigenvalue weighted by molar-refractivity contribution is 9.11. The molecule has 0 saturated carbocycles. The Morgan fingerprint density at radius 1 is 1.30 bits per heavy atom. The van der Waals surface area contributed by atoms with Crippen LogP contribution in [0, 0.1) is 0 Å². The number of alkyl halides is 1. The van der Waals surface area contributed by atoms with Crippen LogP contribution in [0.1, 0.15) is 18.2 Å². The Kier molecular flexibility index (Phi) is 7.45. The summed E-state index contributed by atoms with van der Waals surface area (Å²) in [6.07, 6.45) is 0.788. The van der Waals surface area contributed by atoms with Crippen molar-refractivity contribution in [1.29, 1.82) is 0 Å². The van der Waals surface area contributed by atoms with E-state index < -0.39 is 10.0 Å². The van der Waals surface area contributed by atoms with Gasteiger partial charge in [0.25, 0.3) is 0 Å². The van der Waals surface area contributed by atoms with Crippen LogP contribution in [0.3, 0.4) is 0 Å². The first-order chi connectivity index (χ1) is 9.32. The first-order valence-corrected chi connectivity index (χ1v) is 9.90. The molecule has 0 atom stereocenters. The minimum atomic E-state index is -3.47. The zero-order chi connectivity index (χ0) is 15.3. The van der Waals surface area contributed by atoms with E-state index in [0.717, 1.165) is 11.3 Å². The molecule has 0 aliphatic carbocycles. The van der Waals surface area contributed by atoms with Crippen LogP contribution < -0.4 is 0 Å². The molecule has 0 aliphatic heterocycles. The predicted octanol–water partition coefficient (Wildman–Crippen LogP) is 3.21. The molecule has 0 N–H and O–H groups in total. The lowest BCUT2D eigenvalue weighted by Crippen LogP contribution is -2.37. The van der Waals surface area contributed by atoms with Crippen molar-refractivity contribution in [2.24, 2.45) is 0 Å². The summed E-state index contributed by atoms with van der Waals surface area (Å²) < 4.78 is 27.6. The van der Waals surface area contributed by atoms with Crippen LogP contribution in [0.5, 0.6) is 0 Å². The SMILES string of the molecule is CCCN(CCN(C)C)S(=O)(=O)c1cc(CCl)sc1Br. The minimum absolute atomic E-state index is 0.324. The van der Waals surface area contributed by atoms with Crippen LogP contribution in [0.15, 0.2) is 14.7 Å². The molecule has 0 radical (unpaired) electrons. The molecule has 20 heavy (non-hydrogen) atoms. The summed E-state index contributed by atoms with van der Waals surface area (Å²) in [7, 11) is 0.400. The standard InChI is InChI=1S/C12H20BrClN2O2S2/c1-4-5-16(7-6-15(2)3)20(17,18)11-8-10(9-14)19-12(11)13/h8H,4-7,9H2,1-3H3. The zero-order valence-corrected chi connectivity index (χ0v) is 15.9. The molecule has 8 heteroatoms. The van der Waals surface area contributed by atoms with E-state index in [2.05, 4.69) is 15.9 Å². The van der Waals surface area contributed by atoms with Gasteiger partial charge in [-0.15, -0.1) is 22.9 Å². The fraction of sp³-hybridized carbons (Fsp3) is 0.667. The van der Waals surface area contributed by atoms with E-state index in [1.54, 1.807) is 6.07 Å². The zero-order valence-electron chi connectivity index (χ0n) is 11.9. The van der Waals surface area contributed by atoms with Crippen molar-refractivity contribution in [1.82, 2.24) is 9.21 Å². The third-order valence-corrected chi connectivity index (χ3v) is 7.32. The molecule has 1 heterocycles. The fourth-order valence-electron chi connectivity index (χ4n) is 1.69. The third-order valence-electron chi connectivity index (χ3n) is 2.73. The normalized spacial score (nSPS) is 12.6. The molecule has 0 saturated heterocycles. The number of nitrogens with zero attached hydrogens (tertiary/aromatic N) is 2.